The summed E-state index contributed by atoms with van der Waals surface area (Å²) in [7, 11) is -3.19. The van der Waals surface area contributed by atoms with Gasteiger partial charge in [-0.3, -0.25) is 0 Å². The van der Waals surface area contributed by atoms with Gasteiger partial charge in [-0.2, -0.15) is 0 Å². The van der Waals surface area contributed by atoms with Crippen molar-refractivity contribution in [2.24, 2.45) is 0 Å². The highest BCUT2D eigenvalue weighted by atomic mass is 32.2. The summed E-state index contributed by atoms with van der Waals surface area (Å²) in [4.78, 5) is 2.73. The minimum Gasteiger partial charge on any atom is -0.366 e. The fourth-order valence-corrected chi connectivity index (χ4v) is 3.87. The molecule has 0 aliphatic carbocycles. The minimum absolute atomic E-state index is 0.383. The van der Waals surface area contributed by atoms with Crippen molar-refractivity contribution in [2.45, 2.75) is 43.5 Å². The number of nitrogens with one attached hydrogen (secondary N) is 1. The lowest BCUT2D eigenvalue weighted by molar-refractivity contribution is 0.434. The Hall–Kier alpha value is -1.07. The fourth-order valence-electron chi connectivity index (χ4n) is 2.98. The molecular weight excluding hydrogens is 284 g/mol. The largest absolute Gasteiger partial charge is 0.366 e. The zero-order chi connectivity index (χ0) is 15.3. The Balaban J connectivity index is 2.25. The van der Waals surface area contributed by atoms with Crippen LogP contribution in [0.3, 0.4) is 0 Å². The third-order valence-corrected chi connectivity index (χ3v) is 5.15. The van der Waals surface area contributed by atoms with Gasteiger partial charge >= 0.3 is 0 Å². The van der Waals surface area contributed by atoms with Crippen molar-refractivity contribution in [3.8, 4) is 0 Å². The monoisotopic (exact) mass is 310 g/mol. The Labute approximate surface area is 128 Å². The normalized spacial score (nSPS) is 19.7. The fraction of sp³-hybridized carbons (Fsp3) is 0.625. The number of benzene rings is 1. The SMILES string of the molecule is CCCNCC1CCCCN1c1ccccc1S(C)(=O)=O. The molecule has 5 heteroatoms. The summed E-state index contributed by atoms with van der Waals surface area (Å²) in [5, 5.41) is 3.47. The molecule has 0 radical (unpaired) electrons. The molecule has 0 bridgehead atoms. The predicted octanol–water partition coefficient (Wildman–Crippen LogP) is 2.45. The van der Waals surface area contributed by atoms with Gasteiger partial charge in [-0.05, 0) is 44.4 Å². The Kier molecular flexibility index (Phi) is 5.65. The molecule has 0 aromatic heterocycles. The number of anilines is 1. The standard InChI is InChI=1S/C16H26N2O2S/c1-3-11-17-13-14-8-6-7-12-18(14)15-9-4-5-10-16(15)21(2,19)20/h4-5,9-10,14,17H,3,6-8,11-13H2,1-2H3. The quantitative estimate of drug-likeness (QED) is 0.820. The number of sulfone groups is 1. The predicted molar refractivity (Wildman–Crippen MR) is 87.7 cm³/mol. The topological polar surface area (TPSA) is 49.4 Å². The van der Waals surface area contributed by atoms with E-state index >= 15 is 0 Å². The van der Waals surface area contributed by atoms with Crippen LogP contribution in [-0.4, -0.2) is 40.3 Å². The number of piperidine rings is 1. The van der Waals surface area contributed by atoms with E-state index in [1.165, 1.54) is 12.7 Å². The maximum absolute atomic E-state index is 12.0. The first-order chi connectivity index (χ1) is 10.0. The minimum atomic E-state index is -3.19. The van der Waals surface area contributed by atoms with E-state index in [0.29, 0.717) is 10.9 Å². The molecule has 1 aromatic rings. The van der Waals surface area contributed by atoms with E-state index in [9.17, 15) is 8.42 Å². The first kappa shape index (κ1) is 16.3. The average molecular weight is 310 g/mol. The lowest BCUT2D eigenvalue weighted by Gasteiger charge is -2.38. The Bertz CT molecular complexity index is 557. The van der Waals surface area contributed by atoms with Crippen LogP contribution in [0.2, 0.25) is 0 Å². The summed E-state index contributed by atoms with van der Waals surface area (Å²) in [6.07, 6.45) is 5.87. The van der Waals surface area contributed by atoms with Crippen molar-refractivity contribution in [3.63, 3.8) is 0 Å². The number of hydrogen-bond donors (Lipinski definition) is 1. The van der Waals surface area contributed by atoms with E-state index in [1.54, 1.807) is 12.1 Å². The highest BCUT2D eigenvalue weighted by molar-refractivity contribution is 7.90. The summed E-state index contributed by atoms with van der Waals surface area (Å²) in [6, 6.07) is 7.77. The molecule has 1 aliphatic heterocycles. The van der Waals surface area contributed by atoms with Gasteiger partial charge in [0, 0.05) is 25.4 Å². The van der Waals surface area contributed by atoms with Crippen LogP contribution < -0.4 is 10.2 Å². The molecule has 1 fully saturated rings. The summed E-state index contributed by atoms with van der Waals surface area (Å²) in [5.74, 6) is 0. The second-order valence-corrected chi connectivity index (χ2v) is 7.77. The molecule has 1 saturated heterocycles. The van der Waals surface area contributed by atoms with Gasteiger partial charge in [0.25, 0.3) is 0 Å². The van der Waals surface area contributed by atoms with Gasteiger partial charge in [-0.1, -0.05) is 19.1 Å². The lowest BCUT2D eigenvalue weighted by Crippen LogP contribution is -2.46. The second kappa shape index (κ2) is 7.27. The third-order valence-electron chi connectivity index (χ3n) is 4.01. The van der Waals surface area contributed by atoms with Crippen LogP contribution in [0, 0.1) is 0 Å². The summed E-state index contributed by atoms with van der Waals surface area (Å²) in [6.45, 7) is 5.03. The van der Waals surface area contributed by atoms with E-state index < -0.39 is 9.84 Å². The Morgan fingerprint density at radius 2 is 2.05 bits per heavy atom. The molecule has 1 aromatic carbocycles. The van der Waals surface area contributed by atoms with Gasteiger partial charge in [0.1, 0.15) is 0 Å². The van der Waals surface area contributed by atoms with Crippen molar-refractivity contribution < 1.29 is 8.42 Å². The van der Waals surface area contributed by atoms with Crippen LogP contribution in [0.4, 0.5) is 5.69 Å². The lowest BCUT2D eigenvalue weighted by atomic mass is 10.0. The van der Waals surface area contributed by atoms with Crippen molar-refractivity contribution in [1.29, 1.82) is 0 Å². The van der Waals surface area contributed by atoms with Gasteiger partial charge < -0.3 is 10.2 Å². The van der Waals surface area contributed by atoms with E-state index in [4.69, 9.17) is 0 Å². The molecule has 1 atom stereocenters. The number of hydrogen-bond acceptors (Lipinski definition) is 4. The molecule has 0 amide bonds. The maximum Gasteiger partial charge on any atom is 0.177 e. The molecule has 1 heterocycles. The third kappa shape index (κ3) is 4.20. The van der Waals surface area contributed by atoms with Gasteiger partial charge in [0.05, 0.1) is 10.6 Å². The van der Waals surface area contributed by atoms with E-state index in [-0.39, 0.29) is 0 Å². The van der Waals surface area contributed by atoms with Crippen LogP contribution in [-0.2, 0) is 9.84 Å². The van der Waals surface area contributed by atoms with Crippen molar-refractivity contribution in [2.75, 3.05) is 30.8 Å². The van der Waals surface area contributed by atoms with Crippen LogP contribution in [0.5, 0.6) is 0 Å². The molecule has 2 rings (SSSR count). The molecule has 0 saturated carbocycles. The molecule has 1 N–H and O–H groups in total. The molecule has 118 valence electrons. The van der Waals surface area contributed by atoms with Gasteiger partial charge in [0.2, 0.25) is 0 Å². The smallest absolute Gasteiger partial charge is 0.177 e. The molecule has 0 spiro atoms. The second-order valence-electron chi connectivity index (χ2n) is 5.79. The number of rotatable bonds is 6. The van der Waals surface area contributed by atoms with E-state index in [1.807, 2.05) is 12.1 Å². The van der Waals surface area contributed by atoms with Gasteiger partial charge in [-0.15, -0.1) is 0 Å². The Morgan fingerprint density at radius 3 is 2.76 bits per heavy atom. The van der Waals surface area contributed by atoms with Crippen LogP contribution in [0.15, 0.2) is 29.2 Å². The molecule has 4 nitrogen and oxygen atoms in total. The summed E-state index contributed by atoms with van der Waals surface area (Å²) >= 11 is 0. The zero-order valence-corrected chi connectivity index (χ0v) is 13.8. The molecule has 1 unspecified atom stereocenters. The highest BCUT2D eigenvalue weighted by Gasteiger charge is 2.26. The number of para-hydroxylation sites is 1. The Morgan fingerprint density at radius 1 is 1.29 bits per heavy atom. The summed E-state index contributed by atoms with van der Waals surface area (Å²) < 4.78 is 24.0. The highest BCUT2D eigenvalue weighted by Crippen LogP contribution is 2.30. The van der Waals surface area contributed by atoms with Crippen molar-refractivity contribution in [3.05, 3.63) is 24.3 Å². The molecular formula is C16H26N2O2S. The zero-order valence-electron chi connectivity index (χ0n) is 13.0. The van der Waals surface area contributed by atoms with E-state index in [0.717, 1.165) is 44.6 Å². The average Bonchev–Trinajstić information content (AvgIpc) is 2.47. The maximum atomic E-state index is 12.0. The van der Waals surface area contributed by atoms with Crippen LogP contribution in [0.25, 0.3) is 0 Å². The van der Waals surface area contributed by atoms with Crippen molar-refractivity contribution in [1.82, 2.24) is 5.32 Å². The van der Waals surface area contributed by atoms with Crippen LogP contribution >= 0.6 is 0 Å². The van der Waals surface area contributed by atoms with E-state index in [2.05, 4.69) is 17.1 Å². The first-order valence-electron chi connectivity index (χ1n) is 7.80. The number of nitrogens with zero attached hydrogens (tertiary/aromatic N) is 1. The molecule has 21 heavy (non-hydrogen) atoms. The van der Waals surface area contributed by atoms with Gasteiger partial charge in [0.15, 0.2) is 9.84 Å². The molecule has 1 aliphatic rings. The summed E-state index contributed by atoms with van der Waals surface area (Å²) in [5.41, 5.74) is 0.864. The van der Waals surface area contributed by atoms with Crippen LogP contribution in [0.1, 0.15) is 32.6 Å². The first-order valence-corrected chi connectivity index (χ1v) is 9.69. The van der Waals surface area contributed by atoms with Gasteiger partial charge in [-0.25, -0.2) is 8.42 Å². The van der Waals surface area contributed by atoms with Crippen molar-refractivity contribution >= 4 is 15.5 Å².